The molecule has 0 aliphatic carbocycles. The smallest absolute Gasteiger partial charge is 0.243 e. The van der Waals surface area contributed by atoms with Crippen molar-refractivity contribution in [1.29, 1.82) is 0 Å². The Balaban J connectivity index is 2.17. The van der Waals surface area contributed by atoms with E-state index >= 15 is 0 Å². The molecule has 2 atom stereocenters. The van der Waals surface area contributed by atoms with Crippen molar-refractivity contribution in [1.82, 2.24) is 4.72 Å². The Bertz CT molecular complexity index is 556. The Morgan fingerprint density at radius 2 is 2.26 bits per heavy atom. The molecule has 0 spiro atoms. The highest BCUT2D eigenvalue weighted by Gasteiger charge is 2.28. The Kier molecular flexibility index (Phi) is 4.07. The van der Waals surface area contributed by atoms with E-state index in [1.807, 2.05) is 0 Å². The lowest BCUT2D eigenvalue weighted by molar-refractivity contribution is 0.180. The van der Waals surface area contributed by atoms with Crippen LogP contribution in [0.3, 0.4) is 0 Å². The van der Waals surface area contributed by atoms with Gasteiger partial charge in [0.1, 0.15) is 10.7 Å². The van der Waals surface area contributed by atoms with E-state index in [-0.39, 0.29) is 22.5 Å². The molecule has 7 heteroatoms. The highest BCUT2D eigenvalue weighted by atomic mass is 32.2. The monoisotopic (exact) mass is 288 g/mol. The summed E-state index contributed by atoms with van der Waals surface area (Å²) in [6.07, 6.45) is 0.800. The fraction of sp³-hybridized carbons (Fsp3) is 0.500. The molecular weight excluding hydrogens is 271 g/mol. The number of benzene rings is 1. The van der Waals surface area contributed by atoms with Crippen molar-refractivity contribution in [3.05, 3.63) is 24.0 Å². The maximum atomic E-state index is 13.6. The van der Waals surface area contributed by atoms with Crippen LogP contribution in [0, 0.1) is 11.7 Å². The second-order valence-electron chi connectivity index (χ2n) is 4.72. The van der Waals surface area contributed by atoms with Gasteiger partial charge in [0.2, 0.25) is 10.0 Å². The summed E-state index contributed by atoms with van der Waals surface area (Å²) < 4.78 is 45.5. The number of nitrogens with two attached hydrogens (primary N) is 1. The Labute approximate surface area is 112 Å². The van der Waals surface area contributed by atoms with Crippen molar-refractivity contribution in [3.8, 4) is 0 Å². The Hall–Kier alpha value is -1.18. The summed E-state index contributed by atoms with van der Waals surface area (Å²) in [7, 11) is -3.88. The van der Waals surface area contributed by atoms with Gasteiger partial charge >= 0.3 is 0 Å². The summed E-state index contributed by atoms with van der Waals surface area (Å²) in [5, 5.41) is 0. The lowest BCUT2D eigenvalue weighted by atomic mass is 10.0. The molecule has 1 aliphatic heterocycles. The van der Waals surface area contributed by atoms with Gasteiger partial charge in [-0.05, 0) is 31.5 Å². The average molecular weight is 288 g/mol. The van der Waals surface area contributed by atoms with Crippen molar-refractivity contribution in [2.24, 2.45) is 5.92 Å². The van der Waals surface area contributed by atoms with E-state index in [0.29, 0.717) is 13.2 Å². The summed E-state index contributed by atoms with van der Waals surface area (Å²) >= 11 is 0. The minimum Gasteiger partial charge on any atom is -0.399 e. The first kappa shape index (κ1) is 14.2. The van der Waals surface area contributed by atoms with Gasteiger partial charge in [0.15, 0.2) is 0 Å². The highest BCUT2D eigenvalue weighted by Crippen LogP contribution is 2.21. The molecule has 0 bridgehead atoms. The quantitative estimate of drug-likeness (QED) is 0.813. The zero-order valence-electron chi connectivity index (χ0n) is 10.6. The normalized spacial score (nSPS) is 21.5. The van der Waals surface area contributed by atoms with E-state index in [9.17, 15) is 12.8 Å². The Morgan fingerprint density at radius 3 is 2.84 bits per heavy atom. The van der Waals surface area contributed by atoms with E-state index < -0.39 is 15.8 Å². The molecule has 0 amide bonds. The second kappa shape index (κ2) is 5.44. The first-order chi connectivity index (χ1) is 8.90. The second-order valence-corrected chi connectivity index (χ2v) is 6.41. The number of nitrogens with one attached hydrogen (secondary N) is 1. The van der Waals surface area contributed by atoms with E-state index in [1.165, 1.54) is 12.1 Å². The van der Waals surface area contributed by atoms with Gasteiger partial charge in [-0.15, -0.1) is 0 Å². The molecule has 1 heterocycles. The van der Waals surface area contributed by atoms with Crippen LogP contribution in [0.25, 0.3) is 0 Å². The van der Waals surface area contributed by atoms with Gasteiger partial charge in [-0.1, -0.05) is 0 Å². The van der Waals surface area contributed by atoms with Crippen LogP contribution >= 0.6 is 0 Å². The zero-order chi connectivity index (χ0) is 14.0. The van der Waals surface area contributed by atoms with Crippen LogP contribution in [0.1, 0.15) is 13.3 Å². The van der Waals surface area contributed by atoms with Gasteiger partial charge in [0.25, 0.3) is 0 Å². The number of hydrogen-bond donors (Lipinski definition) is 2. The first-order valence-corrected chi connectivity index (χ1v) is 7.53. The molecule has 3 N–H and O–H groups in total. The SMILES string of the molecule is CC(NS(=O)(=O)c1ccc(N)cc1F)C1CCOC1. The summed E-state index contributed by atoms with van der Waals surface area (Å²) in [6.45, 7) is 2.91. The topological polar surface area (TPSA) is 81.4 Å². The number of rotatable bonds is 4. The van der Waals surface area contributed by atoms with Crippen molar-refractivity contribution in [3.63, 3.8) is 0 Å². The zero-order valence-corrected chi connectivity index (χ0v) is 11.4. The van der Waals surface area contributed by atoms with E-state index in [2.05, 4.69) is 4.72 Å². The molecule has 0 aromatic heterocycles. The molecule has 1 fully saturated rings. The van der Waals surface area contributed by atoms with Crippen LogP contribution in [0.4, 0.5) is 10.1 Å². The number of ether oxygens (including phenoxy) is 1. The van der Waals surface area contributed by atoms with Gasteiger partial charge in [-0.2, -0.15) is 0 Å². The molecular formula is C12H17FN2O3S. The molecule has 0 saturated carbocycles. The van der Waals surface area contributed by atoms with Crippen molar-refractivity contribution in [2.45, 2.75) is 24.3 Å². The highest BCUT2D eigenvalue weighted by molar-refractivity contribution is 7.89. The molecule has 1 aromatic rings. The standard InChI is InChI=1S/C12H17FN2O3S/c1-8(9-4-5-18-7-9)15-19(16,17)12-3-2-10(14)6-11(12)13/h2-3,6,8-9,15H,4-5,7,14H2,1H3. The number of hydrogen-bond acceptors (Lipinski definition) is 4. The fourth-order valence-corrected chi connectivity index (χ4v) is 3.46. The fourth-order valence-electron chi connectivity index (χ4n) is 2.09. The van der Waals surface area contributed by atoms with Crippen LogP contribution in [0.15, 0.2) is 23.1 Å². The molecule has 106 valence electrons. The summed E-state index contributed by atoms with van der Waals surface area (Å²) in [5.74, 6) is -0.728. The Morgan fingerprint density at radius 1 is 1.53 bits per heavy atom. The molecule has 0 radical (unpaired) electrons. The van der Waals surface area contributed by atoms with Crippen LogP contribution in [-0.2, 0) is 14.8 Å². The van der Waals surface area contributed by atoms with Crippen molar-refractivity contribution >= 4 is 15.7 Å². The largest absolute Gasteiger partial charge is 0.399 e. The maximum absolute atomic E-state index is 13.6. The lowest BCUT2D eigenvalue weighted by Crippen LogP contribution is -2.38. The third-order valence-corrected chi connectivity index (χ3v) is 4.85. The molecule has 2 rings (SSSR count). The molecule has 1 aliphatic rings. The first-order valence-electron chi connectivity index (χ1n) is 6.05. The van der Waals surface area contributed by atoms with Gasteiger partial charge in [0.05, 0.1) is 6.61 Å². The van der Waals surface area contributed by atoms with Crippen LogP contribution in [0.2, 0.25) is 0 Å². The third-order valence-electron chi connectivity index (χ3n) is 3.26. The minimum absolute atomic E-state index is 0.117. The van der Waals surface area contributed by atoms with Crippen LogP contribution in [-0.4, -0.2) is 27.7 Å². The molecule has 1 saturated heterocycles. The third kappa shape index (κ3) is 3.23. The van der Waals surface area contributed by atoms with Gasteiger partial charge in [-0.25, -0.2) is 17.5 Å². The summed E-state index contributed by atoms with van der Waals surface area (Å²) in [4.78, 5) is -0.382. The molecule has 5 nitrogen and oxygen atoms in total. The molecule has 19 heavy (non-hydrogen) atoms. The molecule has 1 aromatic carbocycles. The number of halogens is 1. The summed E-state index contributed by atoms with van der Waals surface area (Å²) in [6, 6.07) is 3.23. The average Bonchev–Trinajstić information content (AvgIpc) is 2.80. The number of sulfonamides is 1. The predicted octanol–water partition coefficient (Wildman–Crippen LogP) is 1.11. The van der Waals surface area contributed by atoms with Crippen LogP contribution < -0.4 is 10.5 Å². The lowest BCUT2D eigenvalue weighted by Gasteiger charge is -2.19. The van der Waals surface area contributed by atoms with Crippen molar-refractivity contribution in [2.75, 3.05) is 18.9 Å². The summed E-state index contributed by atoms with van der Waals surface area (Å²) in [5.41, 5.74) is 5.59. The van der Waals surface area contributed by atoms with E-state index in [0.717, 1.165) is 12.5 Å². The van der Waals surface area contributed by atoms with E-state index in [4.69, 9.17) is 10.5 Å². The van der Waals surface area contributed by atoms with Gasteiger partial charge < -0.3 is 10.5 Å². The van der Waals surface area contributed by atoms with Gasteiger partial charge in [-0.3, -0.25) is 0 Å². The minimum atomic E-state index is -3.88. The van der Waals surface area contributed by atoms with Crippen molar-refractivity contribution < 1.29 is 17.5 Å². The van der Waals surface area contributed by atoms with E-state index in [1.54, 1.807) is 6.92 Å². The number of anilines is 1. The van der Waals surface area contributed by atoms with Crippen LogP contribution in [0.5, 0.6) is 0 Å². The van der Waals surface area contributed by atoms with Gasteiger partial charge in [0, 0.05) is 24.3 Å². The number of nitrogen functional groups attached to an aromatic ring is 1. The molecule has 2 unspecified atom stereocenters. The maximum Gasteiger partial charge on any atom is 0.243 e. The predicted molar refractivity (Wildman–Crippen MR) is 69.5 cm³/mol.